The molecule has 0 aromatic carbocycles. The molecular formula is C21H36N7OS+. The molecule has 0 bridgehead atoms. The number of pyridine rings is 1. The Balaban J connectivity index is 1.50. The van der Waals surface area contributed by atoms with Gasteiger partial charge in [-0.1, -0.05) is 6.92 Å². The smallest absolute Gasteiger partial charge is 0.307 e. The van der Waals surface area contributed by atoms with Crippen LogP contribution in [0.25, 0.3) is 0 Å². The Morgan fingerprint density at radius 1 is 1.17 bits per heavy atom. The fourth-order valence-electron chi connectivity index (χ4n) is 3.72. The number of likely N-dealkylation sites (N-methyl/N-ethyl adjacent to an activating group) is 1. The maximum absolute atomic E-state index is 5.73. The average Bonchev–Trinajstić information content (AvgIpc) is 3.03. The summed E-state index contributed by atoms with van der Waals surface area (Å²) in [6, 6.07) is 4.11. The molecule has 1 fully saturated rings. The molecule has 2 N–H and O–H groups in total. The number of hydrogen-bond acceptors (Lipinski definition) is 7. The van der Waals surface area contributed by atoms with E-state index in [2.05, 4.69) is 50.0 Å². The molecule has 0 spiro atoms. The second-order valence-corrected chi connectivity index (χ2v) is 9.27. The zero-order valence-corrected chi connectivity index (χ0v) is 19.8. The highest BCUT2D eigenvalue weighted by Gasteiger charge is 2.28. The third kappa shape index (κ3) is 5.87. The van der Waals surface area contributed by atoms with Crippen LogP contribution in [0.1, 0.15) is 24.7 Å². The van der Waals surface area contributed by atoms with E-state index in [4.69, 9.17) is 4.18 Å². The van der Waals surface area contributed by atoms with Gasteiger partial charge in [-0.05, 0) is 39.4 Å². The maximum Gasteiger partial charge on any atom is 0.307 e. The molecular weight excluding hydrogens is 398 g/mol. The fourth-order valence-corrected chi connectivity index (χ4v) is 4.90. The van der Waals surface area contributed by atoms with Crippen molar-refractivity contribution in [3.63, 3.8) is 0 Å². The van der Waals surface area contributed by atoms with Gasteiger partial charge < -0.3 is 15.1 Å². The van der Waals surface area contributed by atoms with Gasteiger partial charge in [-0.15, -0.1) is 4.18 Å². The first-order valence-corrected chi connectivity index (χ1v) is 11.9. The van der Waals surface area contributed by atoms with E-state index in [1.54, 1.807) is 7.11 Å². The third-order valence-corrected chi connectivity index (χ3v) is 6.93. The number of anilines is 2. The highest BCUT2D eigenvalue weighted by molar-refractivity contribution is 7.93. The first-order valence-electron chi connectivity index (χ1n) is 10.7. The predicted octanol–water partition coefficient (Wildman–Crippen LogP) is 2.30. The van der Waals surface area contributed by atoms with E-state index in [-0.39, 0.29) is 0 Å². The Kier molecular flexibility index (Phi) is 8.38. The van der Waals surface area contributed by atoms with Crippen LogP contribution in [0.4, 0.5) is 11.5 Å². The van der Waals surface area contributed by atoms with Crippen LogP contribution < -0.4 is 10.0 Å². The van der Waals surface area contributed by atoms with Gasteiger partial charge in [0.05, 0.1) is 24.7 Å². The monoisotopic (exact) mass is 434 g/mol. The number of hydrogen-bond donors (Lipinski definition) is 2. The van der Waals surface area contributed by atoms with Crippen LogP contribution in [0.15, 0.2) is 23.2 Å². The standard InChI is InChI=1S/C21H36N7OS/c1-6-19-21(17(2)24-27(19)4)25-30(29-5)18-8-9-20(23-16-18)22-10-7-11-28-14-12-26(3)13-15-28/h8-9,16,25H,6-7,10-15H2,1-5H3,(H,22,23)/q+1. The number of nitrogens with zero attached hydrogens (tertiary/aromatic N) is 5. The molecule has 0 saturated carbocycles. The van der Waals surface area contributed by atoms with Crippen molar-refractivity contribution < 1.29 is 4.18 Å². The van der Waals surface area contributed by atoms with Gasteiger partial charge in [0, 0.05) is 45.8 Å². The van der Waals surface area contributed by atoms with E-state index in [1.165, 1.54) is 31.9 Å². The molecule has 0 amide bonds. The third-order valence-electron chi connectivity index (χ3n) is 5.54. The van der Waals surface area contributed by atoms with Crippen LogP contribution in [0, 0.1) is 6.92 Å². The second-order valence-electron chi connectivity index (χ2n) is 7.73. The summed E-state index contributed by atoms with van der Waals surface area (Å²) in [7, 11) is 5.89. The molecule has 1 aliphatic heterocycles. The van der Waals surface area contributed by atoms with Gasteiger partial charge in [0.1, 0.15) is 11.5 Å². The largest absolute Gasteiger partial charge is 0.370 e. The minimum atomic E-state index is -0.581. The highest BCUT2D eigenvalue weighted by atomic mass is 32.2. The van der Waals surface area contributed by atoms with E-state index in [0.29, 0.717) is 0 Å². The molecule has 9 heteroatoms. The molecule has 30 heavy (non-hydrogen) atoms. The normalized spacial score (nSPS) is 16.6. The Hall–Kier alpha value is -1.81. The van der Waals surface area contributed by atoms with Gasteiger partial charge in [0.15, 0.2) is 0 Å². The van der Waals surface area contributed by atoms with Crippen molar-refractivity contribution >= 4 is 22.9 Å². The van der Waals surface area contributed by atoms with Gasteiger partial charge in [-0.2, -0.15) is 9.82 Å². The summed E-state index contributed by atoms with van der Waals surface area (Å²) >= 11 is -0.581. The number of nitrogens with one attached hydrogen (secondary N) is 2. The summed E-state index contributed by atoms with van der Waals surface area (Å²) < 4.78 is 11.2. The molecule has 1 unspecified atom stereocenters. The van der Waals surface area contributed by atoms with Gasteiger partial charge in [-0.25, -0.2) is 4.98 Å². The zero-order valence-electron chi connectivity index (χ0n) is 18.9. The summed E-state index contributed by atoms with van der Waals surface area (Å²) in [5, 5.41) is 7.97. The quantitative estimate of drug-likeness (QED) is 0.439. The first-order chi connectivity index (χ1) is 14.5. The molecule has 166 valence electrons. The molecule has 0 aliphatic carbocycles. The first kappa shape index (κ1) is 22.9. The van der Waals surface area contributed by atoms with Crippen molar-refractivity contribution in [1.29, 1.82) is 0 Å². The van der Waals surface area contributed by atoms with Crippen LogP contribution in [0.3, 0.4) is 0 Å². The lowest BCUT2D eigenvalue weighted by Gasteiger charge is -2.32. The Labute approximate surface area is 183 Å². The van der Waals surface area contributed by atoms with Crippen molar-refractivity contribution in [2.45, 2.75) is 31.6 Å². The highest BCUT2D eigenvalue weighted by Crippen LogP contribution is 2.25. The lowest BCUT2D eigenvalue weighted by atomic mass is 10.2. The Bertz CT molecular complexity index is 787. The van der Waals surface area contributed by atoms with E-state index in [1.807, 2.05) is 30.9 Å². The van der Waals surface area contributed by atoms with Gasteiger partial charge >= 0.3 is 11.4 Å². The molecule has 8 nitrogen and oxygen atoms in total. The lowest BCUT2D eigenvalue weighted by Crippen LogP contribution is -2.44. The minimum Gasteiger partial charge on any atom is -0.370 e. The number of piperazine rings is 1. The summed E-state index contributed by atoms with van der Waals surface area (Å²) in [6.07, 6.45) is 3.92. The minimum absolute atomic E-state index is 0.581. The van der Waals surface area contributed by atoms with Crippen LogP contribution in [-0.2, 0) is 29.0 Å². The van der Waals surface area contributed by atoms with E-state index in [0.717, 1.165) is 48.0 Å². The Morgan fingerprint density at radius 3 is 2.57 bits per heavy atom. The van der Waals surface area contributed by atoms with E-state index >= 15 is 0 Å². The molecule has 1 atom stereocenters. The fraction of sp³-hybridized carbons (Fsp3) is 0.619. The van der Waals surface area contributed by atoms with Crippen molar-refractivity contribution in [3.05, 3.63) is 29.7 Å². The number of aromatic nitrogens is 3. The topological polar surface area (TPSA) is 70.5 Å². The second kappa shape index (κ2) is 11.0. The van der Waals surface area contributed by atoms with Crippen molar-refractivity contribution in [2.24, 2.45) is 7.05 Å². The molecule has 2 aromatic heterocycles. The number of rotatable bonds is 10. The Morgan fingerprint density at radius 2 is 1.93 bits per heavy atom. The van der Waals surface area contributed by atoms with E-state index < -0.39 is 11.4 Å². The van der Waals surface area contributed by atoms with Gasteiger partial charge in [0.25, 0.3) is 0 Å². The number of aryl methyl sites for hydroxylation is 2. The predicted molar refractivity (Wildman–Crippen MR) is 125 cm³/mol. The molecule has 2 aromatic rings. The molecule has 3 heterocycles. The van der Waals surface area contributed by atoms with Crippen molar-refractivity contribution in [2.75, 3.05) is 63.5 Å². The van der Waals surface area contributed by atoms with E-state index in [9.17, 15) is 0 Å². The summed E-state index contributed by atoms with van der Waals surface area (Å²) in [4.78, 5) is 10.5. The average molecular weight is 435 g/mol. The summed E-state index contributed by atoms with van der Waals surface area (Å²) in [5.41, 5.74) is 3.21. The molecule has 1 aliphatic rings. The lowest BCUT2D eigenvalue weighted by molar-refractivity contribution is 0.154. The molecule has 1 saturated heterocycles. The van der Waals surface area contributed by atoms with Gasteiger partial charge in [-0.3, -0.25) is 4.68 Å². The van der Waals surface area contributed by atoms with Gasteiger partial charge in [0.2, 0.25) is 4.90 Å². The van der Waals surface area contributed by atoms with Crippen molar-refractivity contribution in [1.82, 2.24) is 24.6 Å². The zero-order chi connectivity index (χ0) is 21.5. The maximum atomic E-state index is 5.73. The van der Waals surface area contributed by atoms with Crippen LogP contribution in [0.5, 0.6) is 0 Å². The van der Waals surface area contributed by atoms with Crippen LogP contribution >= 0.6 is 0 Å². The van der Waals surface area contributed by atoms with Crippen LogP contribution in [-0.4, -0.2) is 78.0 Å². The summed E-state index contributed by atoms with van der Waals surface area (Å²) in [6.45, 7) is 10.9. The molecule has 0 radical (unpaired) electrons. The summed E-state index contributed by atoms with van der Waals surface area (Å²) in [5.74, 6) is 0.906. The van der Waals surface area contributed by atoms with Crippen molar-refractivity contribution in [3.8, 4) is 0 Å². The van der Waals surface area contributed by atoms with Crippen LogP contribution in [0.2, 0.25) is 0 Å². The molecule has 3 rings (SSSR count). The SMILES string of the molecule is CCc1c(N[S+](OC)c2ccc(NCCCN3CCN(C)CC3)nc2)c(C)nn1C.